The van der Waals surface area contributed by atoms with E-state index in [1.54, 1.807) is 24.3 Å². The molecule has 0 heterocycles. The van der Waals surface area contributed by atoms with Crippen LogP contribution in [0.3, 0.4) is 0 Å². The monoisotopic (exact) mass is 898 g/mol. The van der Waals surface area contributed by atoms with Crippen molar-refractivity contribution in [2.24, 2.45) is 0 Å². The number of benzene rings is 4. The fraction of sp³-hybridized carbons (Fsp3) is 0.120. The van der Waals surface area contributed by atoms with Crippen molar-refractivity contribution in [3.05, 3.63) is 157 Å². The summed E-state index contributed by atoms with van der Waals surface area (Å²) >= 11 is 0. The van der Waals surface area contributed by atoms with Crippen molar-refractivity contribution in [1.82, 2.24) is 0 Å². The van der Waals surface area contributed by atoms with Gasteiger partial charge in [0.1, 0.15) is 11.5 Å². The van der Waals surface area contributed by atoms with E-state index in [1.165, 1.54) is 65.8 Å². The summed E-state index contributed by atoms with van der Waals surface area (Å²) in [6.45, 7) is 29.3. The van der Waals surface area contributed by atoms with Crippen LogP contribution in [0.25, 0.3) is 11.1 Å². The summed E-state index contributed by atoms with van der Waals surface area (Å²) in [5.74, 6) is -10.4. The highest BCUT2D eigenvalue weighted by Crippen LogP contribution is 2.42. The van der Waals surface area contributed by atoms with Gasteiger partial charge in [0.05, 0.1) is 11.1 Å². The Morgan fingerprint density at radius 2 is 0.530 bits per heavy atom. The van der Waals surface area contributed by atoms with Crippen molar-refractivity contribution in [3.63, 3.8) is 0 Å². The van der Waals surface area contributed by atoms with Gasteiger partial charge >= 0.3 is 47.8 Å². The van der Waals surface area contributed by atoms with Crippen molar-refractivity contribution in [2.75, 3.05) is 0 Å². The predicted octanol–water partition coefficient (Wildman–Crippen LogP) is 8.68. The molecule has 338 valence electrons. The van der Waals surface area contributed by atoms with Crippen LogP contribution in [0.5, 0.6) is 46.0 Å². The van der Waals surface area contributed by atoms with Crippen LogP contribution in [0, 0.1) is 0 Å². The molecule has 0 saturated carbocycles. The Morgan fingerprint density at radius 3 is 0.742 bits per heavy atom. The summed E-state index contributed by atoms with van der Waals surface area (Å²) in [5, 5.41) is 0. The number of hydrogen-bond acceptors (Lipinski definition) is 16. The molecule has 4 rings (SSSR count). The Bertz CT molecular complexity index is 2500. The van der Waals surface area contributed by atoms with E-state index < -0.39 is 82.3 Å². The quantitative estimate of drug-likeness (QED) is 0.0551. The second-order valence-corrected chi connectivity index (χ2v) is 14.5. The normalized spacial score (nSPS) is 10.2. The largest absolute Gasteiger partial charge is 0.423 e. The molecular formula is C50H42O16. The fourth-order valence-electron chi connectivity index (χ4n) is 4.76. The molecule has 0 aliphatic rings. The van der Waals surface area contributed by atoms with E-state index in [9.17, 15) is 38.4 Å². The zero-order valence-electron chi connectivity index (χ0n) is 36.7. The minimum Gasteiger partial charge on any atom is -0.423 e. The van der Waals surface area contributed by atoms with Gasteiger partial charge in [-0.3, -0.25) is 0 Å². The first-order chi connectivity index (χ1) is 30.9. The zero-order chi connectivity index (χ0) is 49.2. The van der Waals surface area contributed by atoms with Crippen molar-refractivity contribution in [3.8, 4) is 57.1 Å². The van der Waals surface area contributed by atoms with Crippen LogP contribution >= 0.6 is 0 Å². The maximum Gasteiger partial charge on any atom is 0.343 e. The molecule has 0 spiro atoms. The third-order valence-electron chi connectivity index (χ3n) is 8.27. The summed E-state index contributed by atoms with van der Waals surface area (Å²) in [4.78, 5) is 102. The molecule has 0 saturated heterocycles. The maximum atomic E-state index is 13.5. The summed E-state index contributed by atoms with van der Waals surface area (Å²) in [6, 6.07) is 16.6. The van der Waals surface area contributed by atoms with Gasteiger partial charge in [-0.2, -0.15) is 0 Å². The molecule has 0 unspecified atom stereocenters. The average Bonchev–Trinajstić information content (AvgIpc) is 3.25. The second kappa shape index (κ2) is 21.4. The number of hydrogen-bond donors (Lipinski definition) is 0. The summed E-state index contributed by atoms with van der Waals surface area (Å²) in [5.41, 5.74) is 0.470. The van der Waals surface area contributed by atoms with Crippen molar-refractivity contribution < 1.29 is 76.3 Å². The Hall–Kier alpha value is -8.92. The van der Waals surface area contributed by atoms with Crippen LogP contribution in [0.2, 0.25) is 0 Å². The van der Waals surface area contributed by atoms with Crippen molar-refractivity contribution in [1.29, 1.82) is 0 Å². The van der Waals surface area contributed by atoms with E-state index >= 15 is 0 Å². The summed E-state index contributed by atoms with van der Waals surface area (Å²) in [7, 11) is 0. The third kappa shape index (κ3) is 13.1. The lowest BCUT2D eigenvalue weighted by Gasteiger charge is -2.16. The van der Waals surface area contributed by atoms with E-state index in [2.05, 4.69) is 39.5 Å². The van der Waals surface area contributed by atoms with E-state index in [4.69, 9.17) is 37.9 Å². The highest BCUT2D eigenvalue weighted by molar-refractivity contribution is 5.99. The first kappa shape index (κ1) is 49.7. The standard InChI is InChI=1S/C50H42O16/c1-25(2)43(51)61-37-21-33(22-38(62-44(52)26(3)4)41(37)65-47(55)29(9)10)49(57)59-35-17-13-31(14-18-35)32-15-19-36(20-16-32)60-50(58)34-23-39(63-45(53)27(5)6)42(66-48(56)30(11)12)40(24-34)64-46(54)28(7)8/h13-24H,1,3,5,7,9,11H2,2,4,6,8,10,12H3. The molecule has 4 aromatic carbocycles. The van der Waals surface area contributed by atoms with Crippen LogP contribution < -0.4 is 37.9 Å². The van der Waals surface area contributed by atoms with Crippen molar-refractivity contribution >= 4 is 47.8 Å². The minimum absolute atomic E-state index is 0.0404. The molecule has 0 aliphatic heterocycles. The van der Waals surface area contributed by atoms with Gasteiger partial charge in [-0.05, 0) is 101 Å². The van der Waals surface area contributed by atoms with E-state index in [-0.39, 0.29) is 56.1 Å². The van der Waals surface area contributed by atoms with E-state index in [1.807, 2.05) is 0 Å². The molecule has 0 fully saturated rings. The van der Waals surface area contributed by atoms with Crippen LogP contribution in [-0.2, 0) is 28.8 Å². The number of esters is 8. The lowest BCUT2D eigenvalue weighted by molar-refractivity contribution is -0.133. The van der Waals surface area contributed by atoms with Gasteiger partial charge in [-0.25, -0.2) is 38.4 Å². The molecule has 0 aliphatic carbocycles. The molecule has 4 aromatic rings. The molecule has 0 aromatic heterocycles. The van der Waals surface area contributed by atoms with Crippen LogP contribution in [0.4, 0.5) is 0 Å². The third-order valence-corrected chi connectivity index (χ3v) is 8.27. The molecule has 0 N–H and O–H groups in total. The van der Waals surface area contributed by atoms with Gasteiger partial charge in [0.15, 0.2) is 23.0 Å². The van der Waals surface area contributed by atoms with Crippen LogP contribution in [0.15, 0.2) is 146 Å². The smallest absolute Gasteiger partial charge is 0.343 e. The van der Waals surface area contributed by atoms with E-state index in [0.717, 1.165) is 24.3 Å². The summed E-state index contributed by atoms with van der Waals surface area (Å²) < 4.78 is 43.2. The molecule has 0 radical (unpaired) electrons. The number of carbonyl (C=O) groups excluding carboxylic acids is 8. The SMILES string of the molecule is C=C(C)C(=O)Oc1cc(C(=O)Oc2ccc(-c3ccc(OC(=O)c4cc(OC(=O)C(=C)C)c(OC(=O)C(=C)C)c(OC(=O)C(=C)C)c4)cc3)cc2)cc(OC(=O)C(=C)C)c1OC(=O)C(=C)C. The first-order valence-corrected chi connectivity index (χ1v) is 19.2. The van der Waals surface area contributed by atoms with Gasteiger partial charge in [-0.1, -0.05) is 63.7 Å². The Kier molecular flexibility index (Phi) is 16.2. The van der Waals surface area contributed by atoms with E-state index in [0.29, 0.717) is 11.1 Å². The average molecular weight is 899 g/mol. The van der Waals surface area contributed by atoms with Gasteiger partial charge < -0.3 is 37.9 Å². The Labute approximate surface area is 378 Å². The minimum atomic E-state index is -0.989. The van der Waals surface area contributed by atoms with Gasteiger partial charge in [0, 0.05) is 33.4 Å². The molecular weight excluding hydrogens is 857 g/mol. The number of ether oxygens (including phenoxy) is 8. The van der Waals surface area contributed by atoms with Crippen LogP contribution in [-0.4, -0.2) is 47.8 Å². The molecule has 16 heteroatoms. The molecule has 0 atom stereocenters. The molecule has 66 heavy (non-hydrogen) atoms. The van der Waals surface area contributed by atoms with Gasteiger partial charge in [-0.15, -0.1) is 0 Å². The highest BCUT2D eigenvalue weighted by Gasteiger charge is 2.28. The fourth-order valence-corrected chi connectivity index (χ4v) is 4.76. The first-order valence-electron chi connectivity index (χ1n) is 19.2. The number of carbonyl (C=O) groups is 8. The lowest BCUT2D eigenvalue weighted by atomic mass is 10.1. The molecule has 0 bridgehead atoms. The second-order valence-electron chi connectivity index (χ2n) is 14.5. The maximum absolute atomic E-state index is 13.5. The van der Waals surface area contributed by atoms with Crippen molar-refractivity contribution in [2.45, 2.75) is 41.5 Å². The van der Waals surface area contributed by atoms with Crippen LogP contribution in [0.1, 0.15) is 62.3 Å². The lowest BCUT2D eigenvalue weighted by Crippen LogP contribution is -2.17. The molecule has 0 amide bonds. The Balaban J connectivity index is 1.60. The predicted molar refractivity (Wildman–Crippen MR) is 237 cm³/mol. The van der Waals surface area contributed by atoms with Gasteiger partial charge in [0.25, 0.3) is 0 Å². The highest BCUT2D eigenvalue weighted by atomic mass is 16.6. The number of rotatable bonds is 17. The summed E-state index contributed by atoms with van der Waals surface area (Å²) in [6.07, 6.45) is 0. The Morgan fingerprint density at radius 1 is 0.318 bits per heavy atom. The molecule has 16 nitrogen and oxygen atoms in total. The zero-order valence-corrected chi connectivity index (χ0v) is 36.7. The van der Waals surface area contributed by atoms with Gasteiger partial charge in [0.2, 0.25) is 11.5 Å². The topological polar surface area (TPSA) is 210 Å².